The number of nitrogens with one attached hydrogen (secondary N) is 1. The van der Waals surface area contributed by atoms with Gasteiger partial charge in [-0.1, -0.05) is 12.4 Å². The van der Waals surface area contributed by atoms with E-state index >= 15 is 0 Å². The Labute approximate surface area is 80.2 Å². The Hall–Kier alpha value is -0.985. The Morgan fingerprint density at radius 2 is 2.38 bits per heavy atom. The summed E-state index contributed by atoms with van der Waals surface area (Å²) >= 11 is 0. The highest BCUT2D eigenvalue weighted by Crippen LogP contribution is 2.19. The molecule has 3 heteroatoms. The first-order valence-electron chi connectivity index (χ1n) is 5.13. The maximum Gasteiger partial charge on any atom is 0.129 e. The summed E-state index contributed by atoms with van der Waals surface area (Å²) in [5.74, 6) is 1.12. The van der Waals surface area contributed by atoms with Gasteiger partial charge in [-0.3, -0.25) is 0 Å². The molecule has 0 radical (unpaired) electrons. The quantitative estimate of drug-likeness (QED) is 0.677. The maximum atomic E-state index is 4.59. The van der Waals surface area contributed by atoms with Gasteiger partial charge in [0, 0.05) is 12.2 Å². The molecular weight excluding hydrogens is 159 g/mol. The van der Waals surface area contributed by atoms with Gasteiger partial charge in [0.25, 0.3) is 0 Å². The number of aryl methyl sites for hydroxylation is 2. The van der Waals surface area contributed by atoms with E-state index in [0.29, 0.717) is 0 Å². The Kier molecular flexibility index (Phi) is 2.53. The van der Waals surface area contributed by atoms with Crippen molar-refractivity contribution in [2.45, 2.75) is 25.6 Å². The topological polar surface area (TPSA) is 24.9 Å². The van der Waals surface area contributed by atoms with Crippen LogP contribution in [0.4, 0.5) is 5.82 Å². The highest BCUT2D eigenvalue weighted by Gasteiger charge is 2.09. The third-order valence-corrected chi connectivity index (χ3v) is 2.46. The summed E-state index contributed by atoms with van der Waals surface area (Å²) < 4.78 is 0. The maximum absolute atomic E-state index is 4.59. The van der Waals surface area contributed by atoms with Crippen molar-refractivity contribution in [3.8, 4) is 0 Å². The van der Waals surface area contributed by atoms with E-state index < -0.39 is 0 Å². The number of hydrogen-bond acceptors (Lipinski definition) is 2. The summed E-state index contributed by atoms with van der Waals surface area (Å²) in [6, 6.07) is 4.38. The molecule has 1 N–H and O–H groups in total. The monoisotopic (exact) mass is 174 g/mol. The zero-order valence-electron chi connectivity index (χ0n) is 8.14. The lowest BCUT2D eigenvalue weighted by atomic mass is 9.99. The molecular formula is C10H15BN2. The molecule has 0 aromatic carbocycles. The first-order valence-corrected chi connectivity index (χ1v) is 5.13. The molecule has 0 saturated carbocycles. The molecule has 0 atom stereocenters. The van der Waals surface area contributed by atoms with Gasteiger partial charge < -0.3 is 5.32 Å². The summed E-state index contributed by atoms with van der Waals surface area (Å²) in [6.07, 6.45) is 4.68. The predicted octanol–water partition coefficient (Wildman–Crippen LogP) is 1.03. The van der Waals surface area contributed by atoms with E-state index in [9.17, 15) is 0 Å². The number of hydrogen-bond donors (Lipinski definition) is 1. The van der Waals surface area contributed by atoms with Gasteiger partial charge in [0.2, 0.25) is 0 Å². The number of rotatable bonds is 2. The first kappa shape index (κ1) is 8.61. The number of nitrogens with zero attached hydrogens (tertiary/aromatic N) is 1. The molecule has 1 aliphatic rings. The van der Waals surface area contributed by atoms with E-state index in [1.165, 1.54) is 30.4 Å². The fourth-order valence-electron chi connectivity index (χ4n) is 1.76. The number of anilines is 1. The first-order chi connectivity index (χ1) is 6.40. The molecule has 1 aliphatic heterocycles. The number of fused-ring (bicyclic) bond motifs is 1. The van der Waals surface area contributed by atoms with Crippen LogP contribution in [0.25, 0.3) is 0 Å². The van der Waals surface area contributed by atoms with Gasteiger partial charge in [0.15, 0.2) is 0 Å². The third kappa shape index (κ3) is 1.85. The second-order valence-corrected chi connectivity index (χ2v) is 3.59. The Bertz CT molecular complexity index is 299. The van der Waals surface area contributed by atoms with Crippen LogP contribution in [-0.2, 0) is 12.8 Å². The van der Waals surface area contributed by atoms with Crippen molar-refractivity contribution in [1.82, 2.24) is 4.98 Å². The minimum atomic E-state index is 1.08. The van der Waals surface area contributed by atoms with Crippen molar-refractivity contribution in [2.75, 3.05) is 11.9 Å². The molecule has 0 spiro atoms. The van der Waals surface area contributed by atoms with Crippen LogP contribution < -0.4 is 5.32 Å². The van der Waals surface area contributed by atoms with Crippen LogP contribution in [0.2, 0.25) is 6.32 Å². The third-order valence-electron chi connectivity index (χ3n) is 2.46. The van der Waals surface area contributed by atoms with Crippen molar-refractivity contribution in [3.05, 3.63) is 23.4 Å². The fraction of sp³-hybridized carbons (Fsp3) is 0.500. The zero-order valence-corrected chi connectivity index (χ0v) is 8.14. The van der Waals surface area contributed by atoms with E-state index in [1.54, 1.807) is 0 Å². The largest absolute Gasteiger partial charge is 0.370 e. The summed E-state index contributed by atoms with van der Waals surface area (Å²) in [5.41, 5.74) is 2.60. The zero-order chi connectivity index (χ0) is 9.10. The molecule has 2 rings (SSSR count). The van der Waals surface area contributed by atoms with Crippen molar-refractivity contribution in [3.63, 3.8) is 0 Å². The van der Waals surface area contributed by atoms with Gasteiger partial charge in [0.05, 0.1) is 0 Å². The van der Waals surface area contributed by atoms with E-state index in [1.807, 2.05) is 0 Å². The summed E-state index contributed by atoms with van der Waals surface area (Å²) in [5, 5.41) is 3.35. The molecule has 2 nitrogen and oxygen atoms in total. The Morgan fingerprint density at radius 1 is 1.46 bits per heavy atom. The lowest BCUT2D eigenvalue weighted by Crippen LogP contribution is -2.13. The molecule has 68 valence electrons. The van der Waals surface area contributed by atoms with Crippen molar-refractivity contribution < 1.29 is 0 Å². The molecule has 1 aromatic heterocycles. The van der Waals surface area contributed by atoms with Gasteiger partial charge in [0.1, 0.15) is 13.7 Å². The number of pyridine rings is 1. The van der Waals surface area contributed by atoms with Crippen LogP contribution in [0, 0.1) is 0 Å². The average molecular weight is 174 g/mol. The minimum Gasteiger partial charge on any atom is -0.370 e. The minimum absolute atomic E-state index is 1.08. The van der Waals surface area contributed by atoms with Crippen molar-refractivity contribution in [1.29, 1.82) is 0 Å². The SMILES string of the molecule is BCCc1ccc2c(n1)NCCC2. The molecule has 2 heterocycles. The van der Waals surface area contributed by atoms with Gasteiger partial charge in [-0.15, -0.1) is 0 Å². The van der Waals surface area contributed by atoms with Crippen LogP contribution >= 0.6 is 0 Å². The van der Waals surface area contributed by atoms with Gasteiger partial charge in [-0.25, -0.2) is 4.98 Å². The fourth-order valence-corrected chi connectivity index (χ4v) is 1.76. The van der Waals surface area contributed by atoms with Crippen LogP contribution in [0.3, 0.4) is 0 Å². The normalized spacial score (nSPS) is 14.8. The smallest absolute Gasteiger partial charge is 0.129 e. The van der Waals surface area contributed by atoms with Crippen molar-refractivity contribution in [2.24, 2.45) is 0 Å². The highest BCUT2D eigenvalue weighted by atomic mass is 15.0. The molecule has 0 amide bonds. The molecule has 0 saturated heterocycles. The standard InChI is InChI=1S/C10H15BN2/c11-6-5-9-4-3-8-2-1-7-12-10(8)13-9/h3-4H,1-2,5-7,11H2,(H,12,13). The summed E-state index contributed by atoms with van der Waals surface area (Å²) in [6.45, 7) is 1.08. The molecule has 0 unspecified atom stereocenters. The van der Waals surface area contributed by atoms with Crippen LogP contribution in [0.5, 0.6) is 0 Å². The summed E-state index contributed by atoms with van der Waals surface area (Å²) in [4.78, 5) is 4.59. The average Bonchev–Trinajstić information content (AvgIpc) is 2.18. The summed E-state index contributed by atoms with van der Waals surface area (Å²) in [7, 11) is 2.19. The van der Waals surface area contributed by atoms with Gasteiger partial charge in [-0.2, -0.15) is 0 Å². The van der Waals surface area contributed by atoms with Gasteiger partial charge >= 0.3 is 0 Å². The predicted molar refractivity (Wildman–Crippen MR) is 58.1 cm³/mol. The highest BCUT2D eigenvalue weighted by molar-refractivity contribution is 6.08. The van der Waals surface area contributed by atoms with Crippen molar-refractivity contribution >= 4 is 13.7 Å². The van der Waals surface area contributed by atoms with Crippen LogP contribution in [-0.4, -0.2) is 19.4 Å². The van der Waals surface area contributed by atoms with Crippen LogP contribution in [0.1, 0.15) is 17.7 Å². The van der Waals surface area contributed by atoms with E-state index in [-0.39, 0.29) is 0 Å². The van der Waals surface area contributed by atoms with Gasteiger partial charge in [-0.05, 0) is 30.9 Å². The molecule has 13 heavy (non-hydrogen) atoms. The molecule has 1 aromatic rings. The van der Waals surface area contributed by atoms with E-state index in [4.69, 9.17) is 0 Å². The molecule has 0 bridgehead atoms. The Balaban J connectivity index is 2.24. The molecule has 0 fully saturated rings. The van der Waals surface area contributed by atoms with Crippen LogP contribution in [0.15, 0.2) is 12.1 Å². The molecule has 0 aliphatic carbocycles. The van der Waals surface area contributed by atoms with E-state index in [0.717, 1.165) is 18.8 Å². The Morgan fingerprint density at radius 3 is 3.23 bits per heavy atom. The number of aromatic nitrogens is 1. The lowest BCUT2D eigenvalue weighted by Gasteiger charge is -2.17. The second-order valence-electron chi connectivity index (χ2n) is 3.59. The lowest BCUT2D eigenvalue weighted by molar-refractivity contribution is 0.811. The van der Waals surface area contributed by atoms with E-state index in [2.05, 4.69) is 30.3 Å². The second kappa shape index (κ2) is 3.82.